The quantitative estimate of drug-likeness (QED) is 0.853. The molecular weight excluding hydrogens is 240 g/mol. The molecule has 0 spiro atoms. The van der Waals surface area contributed by atoms with Crippen LogP contribution >= 0.6 is 0 Å². The number of hydrogen-bond donors (Lipinski definition) is 1. The minimum atomic E-state index is -0.875. The molecule has 0 bridgehead atoms. The molecule has 0 aliphatic heterocycles. The summed E-state index contributed by atoms with van der Waals surface area (Å²) in [6.07, 6.45) is 5.13. The van der Waals surface area contributed by atoms with Gasteiger partial charge in [0.1, 0.15) is 0 Å². The van der Waals surface area contributed by atoms with Crippen LogP contribution in [0.2, 0.25) is 0 Å². The van der Waals surface area contributed by atoms with E-state index in [0.29, 0.717) is 24.8 Å². The first-order chi connectivity index (χ1) is 9.18. The predicted molar refractivity (Wildman–Crippen MR) is 72.8 cm³/mol. The lowest BCUT2D eigenvalue weighted by atomic mass is 9.95. The maximum atomic E-state index is 12.0. The highest BCUT2D eigenvalue weighted by Gasteiger charge is 2.29. The van der Waals surface area contributed by atoms with E-state index in [4.69, 9.17) is 5.11 Å². The van der Waals surface area contributed by atoms with Crippen LogP contribution in [0.3, 0.4) is 0 Å². The van der Waals surface area contributed by atoms with Gasteiger partial charge in [-0.2, -0.15) is 0 Å². The molecule has 1 aromatic rings. The predicted octanol–water partition coefficient (Wildman–Crippen LogP) is 3.00. The first-order valence-corrected chi connectivity index (χ1v) is 6.68. The summed E-state index contributed by atoms with van der Waals surface area (Å²) in [4.78, 5) is 23.0. The Morgan fingerprint density at radius 1 is 1.21 bits per heavy atom. The molecule has 0 amide bonds. The number of benzene rings is 1. The van der Waals surface area contributed by atoms with Crippen molar-refractivity contribution in [2.45, 2.75) is 32.1 Å². The maximum absolute atomic E-state index is 12.0. The van der Waals surface area contributed by atoms with Crippen molar-refractivity contribution in [2.75, 3.05) is 0 Å². The lowest BCUT2D eigenvalue weighted by Gasteiger charge is -2.09. The van der Waals surface area contributed by atoms with Gasteiger partial charge in [0.25, 0.3) is 0 Å². The highest BCUT2D eigenvalue weighted by Crippen LogP contribution is 2.28. The molecule has 19 heavy (non-hydrogen) atoms. The number of hydrogen-bond acceptors (Lipinski definition) is 2. The van der Waals surface area contributed by atoms with Crippen molar-refractivity contribution >= 4 is 11.8 Å². The van der Waals surface area contributed by atoms with E-state index in [0.717, 1.165) is 12.8 Å². The summed E-state index contributed by atoms with van der Waals surface area (Å²) >= 11 is 0. The lowest BCUT2D eigenvalue weighted by Crippen LogP contribution is -2.18. The molecule has 3 nitrogen and oxygen atoms in total. The van der Waals surface area contributed by atoms with Crippen molar-refractivity contribution in [3.05, 3.63) is 47.5 Å². The molecule has 0 saturated carbocycles. The summed E-state index contributed by atoms with van der Waals surface area (Å²) < 4.78 is 0. The first-order valence-electron chi connectivity index (χ1n) is 6.68. The van der Waals surface area contributed by atoms with Crippen LogP contribution in [0.4, 0.5) is 0 Å². The fourth-order valence-corrected chi connectivity index (χ4v) is 2.51. The van der Waals surface area contributed by atoms with Crippen molar-refractivity contribution in [3.8, 4) is 0 Å². The Balaban J connectivity index is 1.83. The number of carboxylic acids is 1. The first kappa shape index (κ1) is 13.5. The van der Waals surface area contributed by atoms with Crippen molar-refractivity contribution in [1.29, 1.82) is 0 Å². The van der Waals surface area contributed by atoms with Gasteiger partial charge in [-0.05, 0) is 31.2 Å². The molecule has 1 aromatic carbocycles. The van der Waals surface area contributed by atoms with Gasteiger partial charge in [0.15, 0.2) is 5.78 Å². The second-order valence-electron chi connectivity index (χ2n) is 4.89. The van der Waals surface area contributed by atoms with Gasteiger partial charge in [-0.15, -0.1) is 0 Å². The van der Waals surface area contributed by atoms with E-state index in [2.05, 4.69) is 0 Å². The fraction of sp³-hybridized carbons (Fsp3) is 0.375. The van der Waals surface area contributed by atoms with Crippen LogP contribution in [0, 0.1) is 5.92 Å². The number of carboxylic acid groups (broad SMARTS) is 1. The van der Waals surface area contributed by atoms with Gasteiger partial charge >= 0.3 is 5.97 Å². The Kier molecular flexibility index (Phi) is 4.50. The van der Waals surface area contributed by atoms with Gasteiger partial charge in [-0.1, -0.05) is 36.4 Å². The number of carbonyl (C=O) groups is 2. The van der Waals surface area contributed by atoms with Crippen LogP contribution in [-0.2, 0) is 16.0 Å². The Bertz CT molecular complexity index is 488. The maximum Gasteiger partial charge on any atom is 0.311 e. The fourth-order valence-electron chi connectivity index (χ4n) is 2.51. The largest absolute Gasteiger partial charge is 0.481 e. The average molecular weight is 258 g/mol. The molecule has 0 saturated heterocycles. The number of ketones is 1. The normalized spacial score (nSPS) is 18.1. The number of Topliss-reactive ketones (excluding diaryl/α,β-unsaturated/α-hetero) is 1. The molecule has 1 atom stereocenters. The van der Waals surface area contributed by atoms with E-state index in [-0.39, 0.29) is 5.78 Å². The Labute approximate surface area is 113 Å². The van der Waals surface area contributed by atoms with Crippen LogP contribution < -0.4 is 0 Å². The topological polar surface area (TPSA) is 54.4 Å². The van der Waals surface area contributed by atoms with E-state index in [1.54, 1.807) is 6.08 Å². The SMILES string of the molecule is O=C(CCCc1ccccc1)C1=CCCC1C(=O)O. The Morgan fingerprint density at radius 3 is 2.63 bits per heavy atom. The summed E-state index contributed by atoms with van der Waals surface area (Å²) in [7, 11) is 0. The van der Waals surface area contributed by atoms with Crippen LogP contribution in [0.5, 0.6) is 0 Å². The molecule has 3 heteroatoms. The van der Waals surface area contributed by atoms with E-state index < -0.39 is 11.9 Å². The summed E-state index contributed by atoms with van der Waals surface area (Å²) in [5, 5.41) is 9.04. The molecule has 100 valence electrons. The zero-order chi connectivity index (χ0) is 13.7. The zero-order valence-electron chi connectivity index (χ0n) is 10.8. The second-order valence-corrected chi connectivity index (χ2v) is 4.89. The van der Waals surface area contributed by atoms with Gasteiger partial charge in [-0.3, -0.25) is 9.59 Å². The molecule has 0 aromatic heterocycles. The molecule has 1 aliphatic rings. The molecule has 0 fully saturated rings. The summed E-state index contributed by atoms with van der Waals surface area (Å²) in [5.74, 6) is -1.45. The van der Waals surface area contributed by atoms with Gasteiger partial charge in [0.05, 0.1) is 5.92 Å². The van der Waals surface area contributed by atoms with Gasteiger partial charge in [0, 0.05) is 12.0 Å². The molecule has 1 unspecified atom stereocenters. The monoisotopic (exact) mass is 258 g/mol. The molecule has 2 rings (SSSR count). The van der Waals surface area contributed by atoms with Gasteiger partial charge in [0.2, 0.25) is 0 Å². The Morgan fingerprint density at radius 2 is 1.95 bits per heavy atom. The minimum absolute atomic E-state index is 0.000770. The van der Waals surface area contributed by atoms with E-state index >= 15 is 0 Å². The second kappa shape index (κ2) is 6.32. The van der Waals surface area contributed by atoms with Gasteiger partial charge in [-0.25, -0.2) is 0 Å². The third-order valence-electron chi connectivity index (χ3n) is 3.53. The molecule has 0 radical (unpaired) electrons. The van der Waals surface area contributed by atoms with E-state index in [9.17, 15) is 9.59 Å². The van der Waals surface area contributed by atoms with Crippen molar-refractivity contribution in [2.24, 2.45) is 5.92 Å². The molecule has 1 aliphatic carbocycles. The third kappa shape index (κ3) is 3.53. The number of rotatable bonds is 6. The van der Waals surface area contributed by atoms with Crippen LogP contribution in [0.25, 0.3) is 0 Å². The summed E-state index contributed by atoms with van der Waals surface area (Å²) in [6, 6.07) is 10.0. The smallest absolute Gasteiger partial charge is 0.311 e. The third-order valence-corrected chi connectivity index (χ3v) is 3.53. The average Bonchev–Trinajstić information content (AvgIpc) is 2.89. The standard InChI is InChI=1S/C16H18O3/c17-15(13-9-5-10-14(13)16(18)19)11-4-8-12-6-2-1-3-7-12/h1-3,6-7,9,14H,4-5,8,10-11H2,(H,18,19). The highest BCUT2D eigenvalue weighted by atomic mass is 16.4. The number of aryl methyl sites for hydroxylation is 1. The molecule has 1 N–H and O–H groups in total. The summed E-state index contributed by atoms with van der Waals surface area (Å²) in [6.45, 7) is 0. The van der Waals surface area contributed by atoms with Crippen molar-refractivity contribution in [1.82, 2.24) is 0 Å². The Hall–Kier alpha value is -1.90. The number of allylic oxidation sites excluding steroid dienone is 1. The summed E-state index contributed by atoms with van der Waals surface area (Å²) in [5.41, 5.74) is 1.73. The van der Waals surface area contributed by atoms with Crippen molar-refractivity contribution in [3.63, 3.8) is 0 Å². The van der Waals surface area contributed by atoms with Crippen LogP contribution in [0.1, 0.15) is 31.2 Å². The molecule has 0 heterocycles. The highest BCUT2D eigenvalue weighted by molar-refractivity contribution is 6.00. The zero-order valence-corrected chi connectivity index (χ0v) is 10.8. The van der Waals surface area contributed by atoms with E-state index in [1.165, 1.54) is 5.56 Å². The minimum Gasteiger partial charge on any atom is -0.481 e. The van der Waals surface area contributed by atoms with Gasteiger partial charge < -0.3 is 5.11 Å². The number of carbonyl (C=O) groups excluding carboxylic acids is 1. The van der Waals surface area contributed by atoms with Crippen LogP contribution in [-0.4, -0.2) is 16.9 Å². The van der Waals surface area contributed by atoms with E-state index in [1.807, 2.05) is 30.3 Å². The van der Waals surface area contributed by atoms with Crippen molar-refractivity contribution < 1.29 is 14.7 Å². The molecular formula is C16H18O3. The van der Waals surface area contributed by atoms with Crippen LogP contribution in [0.15, 0.2) is 42.0 Å². The number of aliphatic carboxylic acids is 1. The lowest BCUT2D eigenvalue weighted by molar-refractivity contribution is -0.141.